The molecule has 10 heteroatoms. The fourth-order valence-corrected chi connectivity index (χ4v) is 3.60. The zero-order chi connectivity index (χ0) is 20.8. The van der Waals surface area contributed by atoms with E-state index in [-0.39, 0.29) is 30.9 Å². The molecule has 2 aromatic rings. The molecular formula is C19H22N4O5S. The SMILES string of the molecule is CCOC(=O)Cc1csc(NC(=O)CN2CCN(c3ccc(OC)cc3)C2=O)n1. The number of carbonyl (C=O) groups is 3. The fourth-order valence-electron chi connectivity index (χ4n) is 2.87. The molecule has 1 aliphatic heterocycles. The van der Waals surface area contributed by atoms with Gasteiger partial charge in [-0.2, -0.15) is 0 Å². The minimum absolute atomic E-state index is 0.0572. The van der Waals surface area contributed by atoms with Gasteiger partial charge in [-0.3, -0.25) is 14.5 Å². The average molecular weight is 418 g/mol. The number of ether oxygens (including phenoxy) is 2. The molecule has 3 rings (SSSR count). The van der Waals surface area contributed by atoms with E-state index in [0.717, 1.165) is 5.69 Å². The standard InChI is InChI=1S/C19H22N4O5S/c1-3-28-17(25)10-13-12-29-18(20-13)21-16(24)11-22-8-9-23(19(22)26)14-4-6-15(27-2)7-5-14/h4-7,12H,3,8-11H2,1-2H3,(H,20,21,24). The number of benzene rings is 1. The molecule has 1 fully saturated rings. The van der Waals surface area contributed by atoms with Gasteiger partial charge in [0.05, 0.1) is 25.8 Å². The van der Waals surface area contributed by atoms with Gasteiger partial charge in [0, 0.05) is 24.2 Å². The van der Waals surface area contributed by atoms with Crippen LogP contribution in [-0.4, -0.2) is 61.1 Å². The number of carbonyl (C=O) groups excluding carboxylic acids is 3. The van der Waals surface area contributed by atoms with Gasteiger partial charge in [-0.05, 0) is 31.2 Å². The van der Waals surface area contributed by atoms with Gasteiger partial charge in [0.25, 0.3) is 0 Å². The van der Waals surface area contributed by atoms with Crippen LogP contribution < -0.4 is 15.0 Å². The molecule has 154 valence electrons. The van der Waals surface area contributed by atoms with Crippen molar-refractivity contribution in [1.29, 1.82) is 0 Å². The lowest BCUT2D eigenvalue weighted by Crippen LogP contribution is -2.37. The zero-order valence-corrected chi connectivity index (χ0v) is 17.0. The van der Waals surface area contributed by atoms with Crippen LogP contribution in [0.5, 0.6) is 5.75 Å². The van der Waals surface area contributed by atoms with Gasteiger partial charge in [0.2, 0.25) is 5.91 Å². The van der Waals surface area contributed by atoms with E-state index in [1.165, 1.54) is 16.2 Å². The second-order valence-corrected chi connectivity index (χ2v) is 7.09. The molecule has 0 saturated carbocycles. The van der Waals surface area contributed by atoms with Crippen molar-refractivity contribution in [2.24, 2.45) is 0 Å². The first-order chi connectivity index (χ1) is 14.0. The lowest BCUT2D eigenvalue weighted by atomic mass is 10.3. The summed E-state index contributed by atoms with van der Waals surface area (Å²) in [6.07, 6.45) is 0.0572. The van der Waals surface area contributed by atoms with Crippen LogP contribution in [0, 0.1) is 0 Å². The van der Waals surface area contributed by atoms with E-state index < -0.39 is 0 Å². The number of thiazole rings is 1. The third-order valence-electron chi connectivity index (χ3n) is 4.24. The second-order valence-electron chi connectivity index (χ2n) is 6.23. The lowest BCUT2D eigenvalue weighted by Gasteiger charge is -2.18. The minimum atomic E-state index is -0.364. The van der Waals surface area contributed by atoms with Crippen LogP contribution in [0.3, 0.4) is 0 Å². The number of hydrogen-bond donors (Lipinski definition) is 1. The number of amides is 3. The monoisotopic (exact) mass is 418 g/mol. The van der Waals surface area contributed by atoms with Crippen LogP contribution in [0.15, 0.2) is 29.6 Å². The first-order valence-electron chi connectivity index (χ1n) is 9.10. The maximum absolute atomic E-state index is 12.6. The van der Waals surface area contributed by atoms with Gasteiger partial charge >= 0.3 is 12.0 Å². The highest BCUT2D eigenvalue weighted by Gasteiger charge is 2.31. The Hall–Kier alpha value is -3.14. The van der Waals surface area contributed by atoms with Crippen molar-refractivity contribution in [3.63, 3.8) is 0 Å². The van der Waals surface area contributed by atoms with E-state index in [9.17, 15) is 14.4 Å². The number of rotatable bonds is 8. The van der Waals surface area contributed by atoms with Crippen molar-refractivity contribution in [1.82, 2.24) is 9.88 Å². The molecule has 0 aliphatic carbocycles. The van der Waals surface area contributed by atoms with Crippen molar-refractivity contribution < 1.29 is 23.9 Å². The highest BCUT2D eigenvalue weighted by molar-refractivity contribution is 7.13. The summed E-state index contributed by atoms with van der Waals surface area (Å²) in [5, 5.41) is 4.75. The maximum atomic E-state index is 12.6. The summed E-state index contributed by atoms with van der Waals surface area (Å²) in [7, 11) is 1.58. The third-order valence-corrected chi connectivity index (χ3v) is 5.05. The first kappa shape index (κ1) is 20.6. The molecule has 2 heterocycles. The normalized spacial score (nSPS) is 13.5. The van der Waals surface area contributed by atoms with Gasteiger partial charge < -0.3 is 19.7 Å². The van der Waals surface area contributed by atoms with E-state index in [2.05, 4.69) is 10.3 Å². The summed E-state index contributed by atoms with van der Waals surface area (Å²) in [5.74, 6) is 0.00586. The Morgan fingerprint density at radius 2 is 2.00 bits per heavy atom. The van der Waals surface area contributed by atoms with Crippen molar-refractivity contribution in [2.45, 2.75) is 13.3 Å². The highest BCUT2D eigenvalue weighted by Crippen LogP contribution is 2.23. The summed E-state index contributed by atoms with van der Waals surface area (Å²) >= 11 is 1.22. The number of esters is 1. The van der Waals surface area contributed by atoms with Crippen molar-refractivity contribution in [3.05, 3.63) is 35.3 Å². The summed E-state index contributed by atoms with van der Waals surface area (Å²) in [4.78, 5) is 43.7. The Bertz CT molecular complexity index is 883. The van der Waals surface area contributed by atoms with Crippen molar-refractivity contribution in [3.8, 4) is 5.75 Å². The highest BCUT2D eigenvalue weighted by atomic mass is 32.1. The Morgan fingerprint density at radius 1 is 1.24 bits per heavy atom. The van der Waals surface area contributed by atoms with Gasteiger partial charge in [-0.25, -0.2) is 9.78 Å². The van der Waals surface area contributed by atoms with E-state index in [1.54, 1.807) is 48.6 Å². The van der Waals surface area contributed by atoms with Gasteiger partial charge in [-0.15, -0.1) is 11.3 Å². The molecule has 1 N–H and O–H groups in total. The molecule has 29 heavy (non-hydrogen) atoms. The number of urea groups is 1. The predicted molar refractivity (Wildman–Crippen MR) is 108 cm³/mol. The topological polar surface area (TPSA) is 101 Å². The largest absolute Gasteiger partial charge is 0.497 e. The molecule has 1 aromatic carbocycles. The number of anilines is 2. The molecule has 0 spiro atoms. The second kappa shape index (κ2) is 9.37. The number of nitrogens with one attached hydrogen (secondary N) is 1. The van der Waals surface area contributed by atoms with Crippen LogP contribution in [0.4, 0.5) is 15.6 Å². The van der Waals surface area contributed by atoms with Crippen LogP contribution in [-0.2, 0) is 20.7 Å². The fraction of sp³-hybridized carbons (Fsp3) is 0.368. The van der Waals surface area contributed by atoms with Crippen molar-refractivity contribution in [2.75, 3.05) is 43.6 Å². The first-order valence-corrected chi connectivity index (χ1v) is 9.98. The summed E-state index contributed by atoms with van der Waals surface area (Å²) in [5.41, 5.74) is 1.29. The summed E-state index contributed by atoms with van der Waals surface area (Å²) in [6.45, 7) is 2.92. The molecular weight excluding hydrogens is 396 g/mol. The Balaban J connectivity index is 1.52. The number of aromatic nitrogens is 1. The van der Waals surface area contributed by atoms with Crippen LogP contribution in [0.25, 0.3) is 0 Å². The molecule has 3 amide bonds. The Kier molecular flexibility index (Phi) is 6.65. The van der Waals surface area contributed by atoms with Gasteiger partial charge in [-0.1, -0.05) is 0 Å². The Morgan fingerprint density at radius 3 is 2.69 bits per heavy atom. The van der Waals surface area contributed by atoms with Crippen LogP contribution in [0.2, 0.25) is 0 Å². The summed E-state index contributed by atoms with van der Waals surface area (Å²) in [6, 6.07) is 6.96. The van der Waals surface area contributed by atoms with Crippen molar-refractivity contribution >= 4 is 40.1 Å². The molecule has 0 bridgehead atoms. The van der Waals surface area contributed by atoms with E-state index in [0.29, 0.717) is 36.3 Å². The summed E-state index contributed by atoms with van der Waals surface area (Å²) < 4.78 is 10.0. The van der Waals surface area contributed by atoms with E-state index in [4.69, 9.17) is 9.47 Å². The Labute approximate surface area is 172 Å². The molecule has 0 unspecified atom stereocenters. The number of methoxy groups -OCH3 is 1. The van der Waals surface area contributed by atoms with Gasteiger partial charge in [0.15, 0.2) is 5.13 Å². The molecule has 1 aromatic heterocycles. The smallest absolute Gasteiger partial charge is 0.325 e. The quantitative estimate of drug-likeness (QED) is 0.659. The van der Waals surface area contributed by atoms with E-state index in [1.807, 2.05) is 0 Å². The van der Waals surface area contributed by atoms with E-state index >= 15 is 0 Å². The molecule has 1 aliphatic rings. The van der Waals surface area contributed by atoms with Gasteiger partial charge in [0.1, 0.15) is 12.3 Å². The third kappa shape index (κ3) is 5.23. The number of nitrogens with zero attached hydrogens (tertiary/aromatic N) is 3. The zero-order valence-electron chi connectivity index (χ0n) is 16.2. The minimum Gasteiger partial charge on any atom is -0.497 e. The molecule has 1 saturated heterocycles. The molecule has 0 radical (unpaired) electrons. The molecule has 0 atom stereocenters. The van der Waals surface area contributed by atoms with Crippen LogP contribution in [0.1, 0.15) is 12.6 Å². The lowest BCUT2D eigenvalue weighted by molar-refractivity contribution is -0.142. The maximum Gasteiger partial charge on any atom is 0.325 e. The predicted octanol–water partition coefficient (Wildman–Crippen LogP) is 2.14. The van der Waals surface area contributed by atoms with Crippen LogP contribution >= 0.6 is 11.3 Å². The molecule has 9 nitrogen and oxygen atoms in total. The number of hydrogen-bond acceptors (Lipinski definition) is 7. The average Bonchev–Trinajstić information content (AvgIpc) is 3.28.